The van der Waals surface area contributed by atoms with E-state index in [1.54, 1.807) is 0 Å². The van der Waals surface area contributed by atoms with Crippen LogP contribution in [-0.2, 0) is 0 Å². The van der Waals surface area contributed by atoms with E-state index < -0.39 is 0 Å². The predicted molar refractivity (Wildman–Crippen MR) is 84.8 cm³/mol. The van der Waals surface area contributed by atoms with Gasteiger partial charge in [0.25, 0.3) is 0 Å². The molecule has 21 heavy (non-hydrogen) atoms. The molecule has 0 saturated carbocycles. The van der Waals surface area contributed by atoms with Gasteiger partial charge >= 0.3 is 0 Å². The number of ether oxygens (including phenoxy) is 1. The van der Waals surface area contributed by atoms with E-state index in [0.29, 0.717) is 0 Å². The fourth-order valence-corrected chi connectivity index (χ4v) is 2.73. The van der Waals surface area contributed by atoms with Crippen molar-refractivity contribution >= 4 is 11.2 Å². The van der Waals surface area contributed by atoms with E-state index in [0.717, 1.165) is 49.5 Å². The van der Waals surface area contributed by atoms with Crippen molar-refractivity contribution in [1.82, 2.24) is 15.0 Å². The van der Waals surface area contributed by atoms with E-state index in [1.807, 2.05) is 23.0 Å². The van der Waals surface area contributed by atoms with Gasteiger partial charge in [-0.2, -0.15) is 5.10 Å². The maximum absolute atomic E-state index is 6.03. The van der Waals surface area contributed by atoms with Crippen molar-refractivity contribution in [1.29, 1.82) is 0 Å². The highest BCUT2D eigenvalue weighted by molar-refractivity contribution is 5.78. The number of unbranched alkanes of at least 4 members (excludes halogenated alkanes) is 1. The summed E-state index contributed by atoms with van der Waals surface area (Å²) in [6, 6.07) is 4.08. The maximum atomic E-state index is 6.03. The van der Waals surface area contributed by atoms with Gasteiger partial charge in [-0.1, -0.05) is 19.8 Å². The Kier molecular flexibility index (Phi) is 4.60. The van der Waals surface area contributed by atoms with Gasteiger partial charge in [-0.15, -0.1) is 0 Å². The van der Waals surface area contributed by atoms with Crippen LogP contribution in [0.5, 0.6) is 5.75 Å². The molecule has 1 saturated heterocycles. The summed E-state index contributed by atoms with van der Waals surface area (Å²) in [6.07, 6.45) is 9.74. The van der Waals surface area contributed by atoms with Crippen LogP contribution in [0.3, 0.4) is 0 Å². The normalized spacial score (nSPS) is 16.1. The Morgan fingerprint density at radius 2 is 2.24 bits per heavy atom. The third-order valence-electron chi connectivity index (χ3n) is 3.90. The molecule has 0 radical (unpaired) electrons. The molecule has 1 aliphatic rings. The number of hydrazine groups is 1. The van der Waals surface area contributed by atoms with Gasteiger partial charge < -0.3 is 9.75 Å². The van der Waals surface area contributed by atoms with E-state index in [1.165, 1.54) is 19.3 Å². The summed E-state index contributed by atoms with van der Waals surface area (Å²) in [5, 5.41) is 6.58. The first-order valence-corrected chi connectivity index (χ1v) is 8.00. The molecule has 3 heterocycles. The van der Waals surface area contributed by atoms with Crippen LogP contribution in [-0.4, -0.2) is 29.3 Å². The minimum atomic E-state index is 0.766. The van der Waals surface area contributed by atoms with Crippen LogP contribution in [0.25, 0.3) is 5.52 Å². The second kappa shape index (κ2) is 6.80. The van der Waals surface area contributed by atoms with Crippen LogP contribution in [0.4, 0.5) is 5.69 Å². The van der Waals surface area contributed by atoms with Crippen LogP contribution >= 0.6 is 0 Å². The van der Waals surface area contributed by atoms with E-state index in [9.17, 15) is 0 Å². The molecule has 2 aromatic heterocycles. The van der Waals surface area contributed by atoms with Gasteiger partial charge in [0.2, 0.25) is 0 Å². The molecule has 3 rings (SSSR count). The molecule has 1 N–H and O–H groups in total. The smallest absolute Gasteiger partial charge is 0.147 e. The molecule has 114 valence electrons. The van der Waals surface area contributed by atoms with Crippen LogP contribution in [0, 0.1) is 0 Å². The summed E-state index contributed by atoms with van der Waals surface area (Å²) in [6.45, 7) is 4.97. The second-order valence-corrected chi connectivity index (χ2v) is 5.51. The average molecular weight is 288 g/mol. The zero-order valence-corrected chi connectivity index (χ0v) is 12.7. The fraction of sp³-hybridized carbons (Fsp3) is 0.562. The summed E-state index contributed by atoms with van der Waals surface area (Å²) in [4.78, 5) is 0. The van der Waals surface area contributed by atoms with Crippen molar-refractivity contribution in [2.24, 2.45) is 0 Å². The minimum absolute atomic E-state index is 0.766. The topological polar surface area (TPSA) is 41.8 Å². The molecule has 0 atom stereocenters. The number of fused-ring (bicyclic) bond motifs is 1. The SMILES string of the molecule is CCCCOc1ccn2nccc2c1N1CCCCCN1. The first-order valence-electron chi connectivity index (χ1n) is 8.00. The van der Waals surface area contributed by atoms with Crippen LogP contribution < -0.4 is 15.2 Å². The monoisotopic (exact) mass is 288 g/mol. The molecule has 2 aromatic rings. The Morgan fingerprint density at radius 1 is 1.29 bits per heavy atom. The largest absolute Gasteiger partial charge is 0.491 e. The molecule has 0 unspecified atom stereocenters. The Labute approximate surface area is 125 Å². The number of aromatic nitrogens is 2. The van der Waals surface area contributed by atoms with E-state index in [2.05, 4.69) is 28.5 Å². The molecule has 5 nitrogen and oxygen atoms in total. The Hall–Kier alpha value is -1.75. The maximum Gasteiger partial charge on any atom is 0.147 e. The number of nitrogens with zero attached hydrogens (tertiary/aromatic N) is 3. The fourth-order valence-electron chi connectivity index (χ4n) is 2.73. The standard InChI is InChI=1S/C16H24N4O/c1-2-3-13-21-15-8-12-19-14(7-10-18-19)16(15)20-11-6-4-5-9-17-20/h7-8,10,12,17H,2-6,9,11,13H2,1H3. The highest BCUT2D eigenvalue weighted by Crippen LogP contribution is 2.33. The molecule has 0 aliphatic carbocycles. The number of pyridine rings is 1. The van der Waals surface area contributed by atoms with E-state index in [4.69, 9.17) is 4.74 Å². The van der Waals surface area contributed by atoms with Gasteiger partial charge in [-0.05, 0) is 25.3 Å². The lowest BCUT2D eigenvalue weighted by molar-refractivity contribution is 0.309. The molecule has 0 amide bonds. The van der Waals surface area contributed by atoms with Crippen molar-refractivity contribution in [2.75, 3.05) is 24.7 Å². The third kappa shape index (κ3) is 3.13. The molecule has 0 bridgehead atoms. The van der Waals surface area contributed by atoms with Crippen molar-refractivity contribution < 1.29 is 4.74 Å². The molecule has 1 fully saturated rings. The summed E-state index contributed by atoms with van der Waals surface area (Å²) in [5.41, 5.74) is 5.74. The van der Waals surface area contributed by atoms with Crippen molar-refractivity contribution in [2.45, 2.75) is 39.0 Å². The molecule has 0 spiro atoms. The number of anilines is 1. The first-order chi connectivity index (χ1) is 10.4. The highest BCUT2D eigenvalue weighted by Gasteiger charge is 2.18. The van der Waals surface area contributed by atoms with Gasteiger partial charge in [0.05, 0.1) is 18.3 Å². The quantitative estimate of drug-likeness (QED) is 0.859. The number of nitrogens with one attached hydrogen (secondary N) is 1. The molecular formula is C16H24N4O. The Morgan fingerprint density at radius 3 is 3.14 bits per heavy atom. The second-order valence-electron chi connectivity index (χ2n) is 5.51. The molecular weight excluding hydrogens is 264 g/mol. The van der Waals surface area contributed by atoms with Crippen molar-refractivity contribution in [3.05, 3.63) is 24.5 Å². The summed E-state index contributed by atoms with van der Waals surface area (Å²) in [5.74, 6) is 0.950. The Bertz CT molecular complexity index is 573. The Balaban J connectivity index is 1.94. The number of hydrogen-bond donors (Lipinski definition) is 1. The van der Waals surface area contributed by atoms with E-state index >= 15 is 0 Å². The van der Waals surface area contributed by atoms with Gasteiger partial charge in [-0.25, -0.2) is 9.94 Å². The minimum Gasteiger partial charge on any atom is -0.491 e. The van der Waals surface area contributed by atoms with Crippen LogP contribution in [0.2, 0.25) is 0 Å². The molecule has 0 aromatic carbocycles. The van der Waals surface area contributed by atoms with Crippen molar-refractivity contribution in [3.8, 4) is 5.75 Å². The third-order valence-corrected chi connectivity index (χ3v) is 3.90. The lowest BCUT2D eigenvalue weighted by atomic mass is 10.2. The number of rotatable bonds is 5. The molecule has 5 heteroatoms. The van der Waals surface area contributed by atoms with E-state index in [-0.39, 0.29) is 0 Å². The zero-order chi connectivity index (χ0) is 14.5. The summed E-state index contributed by atoms with van der Waals surface area (Å²) >= 11 is 0. The zero-order valence-electron chi connectivity index (χ0n) is 12.7. The van der Waals surface area contributed by atoms with Crippen LogP contribution in [0.1, 0.15) is 39.0 Å². The van der Waals surface area contributed by atoms with Gasteiger partial charge in [0, 0.05) is 25.4 Å². The summed E-state index contributed by atoms with van der Waals surface area (Å²) in [7, 11) is 0. The highest BCUT2D eigenvalue weighted by atomic mass is 16.5. The van der Waals surface area contributed by atoms with Gasteiger partial charge in [0.15, 0.2) is 0 Å². The average Bonchev–Trinajstić information content (AvgIpc) is 2.81. The molecule has 1 aliphatic heterocycles. The van der Waals surface area contributed by atoms with Crippen molar-refractivity contribution in [3.63, 3.8) is 0 Å². The number of hydrogen-bond acceptors (Lipinski definition) is 4. The van der Waals surface area contributed by atoms with Gasteiger partial charge in [0.1, 0.15) is 11.4 Å². The lowest BCUT2D eigenvalue weighted by Gasteiger charge is -2.26. The summed E-state index contributed by atoms with van der Waals surface area (Å²) < 4.78 is 7.94. The van der Waals surface area contributed by atoms with Gasteiger partial charge in [-0.3, -0.25) is 0 Å². The van der Waals surface area contributed by atoms with Crippen LogP contribution in [0.15, 0.2) is 24.5 Å². The predicted octanol–water partition coefficient (Wildman–Crippen LogP) is 3.01. The lowest BCUT2D eigenvalue weighted by Crippen LogP contribution is -2.38. The first kappa shape index (κ1) is 14.2.